The number of benzene rings is 2. The number of hydrogen-bond donors (Lipinski definition) is 0. The van der Waals surface area contributed by atoms with Gasteiger partial charge in [-0.3, -0.25) is 4.79 Å². The Kier molecular flexibility index (Phi) is 7.18. The Hall–Kier alpha value is -2.81. The molecule has 0 N–H and O–H groups in total. The summed E-state index contributed by atoms with van der Waals surface area (Å²) in [6, 6.07) is 18.5. The number of thioether (sulfide) groups is 2. The number of amides is 1. The van der Waals surface area contributed by atoms with Gasteiger partial charge in [0.25, 0.3) is 5.91 Å². The molecule has 34 heavy (non-hydrogen) atoms. The Balaban J connectivity index is 1.47. The van der Waals surface area contributed by atoms with E-state index in [4.69, 9.17) is 9.84 Å². The molecule has 1 saturated heterocycles. The second-order valence-corrected chi connectivity index (χ2v) is 10.2. The molecule has 1 aromatic heterocycles. The number of carbonyl (C=O) groups is 1. The summed E-state index contributed by atoms with van der Waals surface area (Å²) in [5.74, 6) is 0.903. The van der Waals surface area contributed by atoms with Crippen molar-refractivity contribution in [3.8, 4) is 16.9 Å². The Morgan fingerprint density at radius 1 is 1.09 bits per heavy atom. The second kappa shape index (κ2) is 10.6. The molecule has 2 aliphatic rings. The van der Waals surface area contributed by atoms with Crippen LogP contribution in [0.4, 0.5) is 0 Å². The van der Waals surface area contributed by atoms with Gasteiger partial charge in [-0.15, -0.1) is 11.8 Å². The molecule has 5 rings (SSSR count). The fourth-order valence-electron chi connectivity index (χ4n) is 3.79. The van der Waals surface area contributed by atoms with Crippen LogP contribution in [0.15, 0.2) is 75.6 Å². The van der Waals surface area contributed by atoms with E-state index in [9.17, 15) is 4.79 Å². The maximum atomic E-state index is 12.7. The van der Waals surface area contributed by atoms with Crippen LogP contribution in [0, 0.1) is 0 Å². The highest BCUT2D eigenvalue weighted by Crippen LogP contribution is 2.34. The number of nitrogens with zero attached hydrogens (tertiary/aromatic N) is 4. The normalized spacial score (nSPS) is 17.4. The zero-order valence-corrected chi connectivity index (χ0v) is 20.6. The van der Waals surface area contributed by atoms with E-state index in [0.717, 1.165) is 52.9 Å². The van der Waals surface area contributed by atoms with E-state index in [1.807, 2.05) is 59.0 Å². The number of aromatic nitrogens is 2. The summed E-state index contributed by atoms with van der Waals surface area (Å²) in [5, 5.41) is 5.66. The van der Waals surface area contributed by atoms with E-state index < -0.39 is 0 Å². The lowest BCUT2D eigenvalue weighted by molar-refractivity contribution is -0.113. The highest BCUT2D eigenvalue weighted by atomic mass is 32.2. The van der Waals surface area contributed by atoms with E-state index in [-0.39, 0.29) is 5.91 Å². The van der Waals surface area contributed by atoms with Crippen molar-refractivity contribution >= 4 is 40.7 Å². The van der Waals surface area contributed by atoms with Crippen LogP contribution in [0.1, 0.15) is 18.9 Å². The van der Waals surface area contributed by atoms with Crippen LogP contribution in [0.3, 0.4) is 0 Å². The number of rotatable bonds is 6. The molecule has 0 spiro atoms. The molecule has 1 fully saturated rings. The van der Waals surface area contributed by atoms with Gasteiger partial charge in [-0.25, -0.2) is 4.68 Å². The predicted molar refractivity (Wildman–Crippen MR) is 140 cm³/mol. The Morgan fingerprint density at radius 3 is 2.59 bits per heavy atom. The van der Waals surface area contributed by atoms with E-state index >= 15 is 0 Å². The molecule has 174 valence electrons. The van der Waals surface area contributed by atoms with Crippen molar-refractivity contribution in [2.24, 2.45) is 4.99 Å². The van der Waals surface area contributed by atoms with E-state index in [1.54, 1.807) is 0 Å². The first-order valence-electron chi connectivity index (χ1n) is 11.4. The van der Waals surface area contributed by atoms with Gasteiger partial charge in [-0.2, -0.15) is 10.1 Å². The van der Waals surface area contributed by atoms with Crippen molar-refractivity contribution in [3.63, 3.8) is 0 Å². The monoisotopic (exact) mass is 490 g/mol. The number of ether oxygens (including phenoxy) is 1. The summed E-state index contributed by atoms with van der Waals surface area (Å²) in [6.07, 6.45) is 5.05. The molecule has 0 radical (unpaired) electrons. The molecule has 1 amide bonds. The van der Waals surface area contributed by atoms with Gasteiger partial charge < -0.3 is 9.64 Å². The van der Waals surface area contributed by atoms with Gasteiger partial charge in [0.15, 0.2) is 5.17 Å². The van der Waals surface area contributed by atoms with Crippen LogP contribution in [-0.2, 0) is 9.53 Å². The SMILES string of the molecule is CCCSc1ccc(-c2nn(-c3ccccc3)cc2C=C2SC(N3CCOCC3)=NC2=O)cc1. The third-order valence-corrected chi connectivity index (χ3v) is 7.80. The molecule has 3 heterocycles. The molecule has 0 atom stereocenters. The lowest BCUT2D eigenvalue weighted by atomic mass is 10.1. The van der Waals surface area contributed by atoms with Gasteiger partial charge in [0.1, 0.15) is 0 Å². The number of morpholine rings is 1. The van der Waals surface area contributed by atoms with Gasteiger partial charge in [0, 0.05) is 35.3 Å². The highest BCUT2D eigenvalue weighted by molar-refractivity contribution is 8.18. The average Bonchev–Trinajstić information content (AvgIpc) is 3.48. The molecular formula is C26H26N4O2S2. The number of hydrogen-bond acceptors (Lipinski definition) is 6. The summed E-state index contributed by atoms with van der Waals surface area (Å²) in [5.41, 5.74) is 3.73. The topological polar surface area (TPSA) is 59.7 Å². The lowest BCUT2D eigenvalue weighted by Gasteiger charge is -2.27. The van der Waals surface area contributed by atoms with Crippen LogP contribution in [0.25, 0.3) is 23.0 Å². The van der Waals surface area contributed by atoms with Crippen molar-refractivity contribution < 1.29 is 9.53 Å². The number of amidine groups is 1. The van der Waals surface area contributed by atoms with Gasteiger partial charge in [-0.05, 0) is 54.3 Å². The first kappa shape index (κ1) is 23.0. The molecule has 2 aliphatic heterocycles. The fourth-order valence-corrected chi connectivity index (χ4v) is 5.51. The van der Waals surface area contributed by atoms with Crippen molar-refractivity contribution in [1.29, 1.82) is 0 Å². The lowest BCUT2D eigenvalue weighted by Crippen LogP contribution is -2.38. The van der Waals surface area contributed by atoms with E-state index in [0.29, 0.717) is 18.1 Å². The molecule has 8 heteroatoms. The zero-order chi connectivity index (χ0) is 23.3. The largest absolute Gasteiger partial charge is 0.378 e. The highest BCUT2D eigenvalue weighted by Gasteiger charge is 2.27. The summed E-state index contributed by atoms with van der Waals surface area (Å²) in [4.78, 5) is 21.0. The van der Waals surface area contributed by atoms with Gasteiger partial charge in [0.2, 0.25) is 0 Å². The van der Waals surface area contributed by atoms with E-state index in [2.05, 4.69) is 41.1 Å². The van der Waals surface area contributed by atoms with Crippen LogP contribution >= 0.6 is 23.5 Å². The summed E-state index contributed by atoms with van der Waals surface area (Å²) >= 11 is 3.29. The van der Waals surface area contributed by atoms with Gasteiger partial charge in [0.05, 0.1) is 29.5 Å². The minimum Gasteiger partial charge on any atom is -0.378 e. The van der Waals surface area contributed by atoms with Gasteiger partial charge >= 0.3 is 0 Å². The van der Waals surface area contributed by atoms with Crippen LogP contribution in [0.2, 0.25) is 0 Å². The molecular weight excluding hydrogens is 464 g/mol. The smallest absolute Gasteiger partial charge is 0.286 e. The Morgan fingerprint density at radius 2 is 1.85 bits per heavy atom. The Labute approximate surface area is 208 Å². The van der Waals surface area contributed by atoms with Crippen molar-refractivity contribution in [2.45, 2.75) is 18.2 Å². The standard InChI is InChI=1S/C26H26N4O2S2/c1-2-16-33-22-10-8-19(9-11-22)24-20(18-30(28-24)21-6-4-3-5-7-21)17-23-25(31)27-26(34-23)29-12-14-32-15-13-29/h3-11,17-18H,2,12-16H2,1H3. The minimum absolute atomic E-state index is 0.198. The molecule has 0 unspecified atom stereocenters. The number of aliphatic imine (C=N–C) groups is 1. The minimum atomic E-state index is -0.198. The maximum absolute atomic E-state index is 12.7. The molecule has 0 saturated carbocycles. The molecule has 2 aromatic carbocycles. The van der Waals surface area contributed by atoms with E-state index in [1.165, 1.54) is 16.7 Å². The molecule has 0 aliphatic carbocycles. The second-order valence-electron chi connectivity index (χ2n) is 8.00. The third-order valence-electron chi connectivity index (χ3n) is 5.54. The quantitative estimate of drug-likeness (QED) is 0.343. The van der Waals surface area contributed by atoms with Crippen molar-refractivity contribution in [3.05, 3.63) is 71.3 Å². The molecule has 0 bridgehead atoms. The maximum Gasteiger partial charge on any atom is 0.286 e. The summed E-state index contributed by atoms with van der Waals surface area (Å²) < 4.78 is 7.30. The van der Waals surface area contributed by atoms with Crippen LogP contribution in [0.5, 0.6) is 0 Å². The number of para-hydroxylation sites is 1. The first-order chi connectivity index (χ1) is 16.7. The summed E-state index contributed by atoms with van der Waals surface area (Å²) in [7, 11) is 0. The van der Waals surface area contributed by atoms with Crippen molar-refractivity contribution in [2.75, 3.05) is 32.1 Å². The molecule has 6 nitrogen and oxygen atoms in total. The Bertz CT molecular complexity index is 1210. The predicted octanol–water partition coefficient (Wildman–Crippen LogP) is 5.34. The number of carbonyl (C=O) groups excluding carboxylic acids is 1. The average molecular weight is 491 g/mol. The van der Waals surface area contributed by atoms with Crippen molar-refractivity contribution in [1.82, 2.24) is 14.7 Å². The van der Waals surface area contributed by atoms with Crippen LogP contribution in [-0.4, -0.2) is 57.8 Å². The molecule has 3 aromatic rings. The zero-order valence-electron chi connectivity index (χ0n) is 19.0. The fraction of sp³-hybridized carbons (Fsp3) is 0.269. The summed E-state index contributed by atoms with van der Waals surface area (Å²) in [6.45, 7) is 5.02. The third kappa shape index (κ3) is 5.14. The van der Waals surface area contributed by atoms with Gasteiger partial charge in [-0.1, -0.05) is 37.3 Å². The first-order valence-corrected chi connectivity index (χ1v) is 13.2. The van der Waals surface area contributed by atoms with Crippen LogP contribution < -0.4 is 0 Å².